The summed E-state index contributed by atoms with van der Waals surface area (Å²) in [6, 6.07) is 11.7. The first kappa shape index (κ1) is 15.9. The van der Waals surface area contributed by atoms with Gasteiger partial charge in [0.25, 0.3) is 5.91 Å². The van der Waals surface area contributed by atoms with Gasteiger partial charge in [0.1, 0.15) is 5.69 Å². The monoisotopic (exact) mass is 338 g/mol. The van der Waals surface area contributed by atoms with Crippen LogP contribution in [-0.4, -0.2) is 35.5 Å². The average Bonchev–Trinajstić information content (AvgIpc) is 2.99. The number of likely N-dealkylation sites (tertiary alicyclic amines) is 1. The topological polar surface area (TPSA) is 51.7 Å². The Bertz CT molecular complexity index is 790. The summed E-state index contributed by atoms with van der Waals surface area (Å²) in [6.45, 7) is 4.01. The number of carbonyl (C=O) groups excluding carboxylic acids is 1. The quantitative estimate of drug-likeness (QED) is 0.840. The lowest BCUT2D eigenvalue weighted by Crippen LogP contribution is -2.31. The Morgan fingerprint density at radius 1 is 1.12 bits per heavy atom. The number of carbonyl (C=O) groups is 1. The molecule has 130 valence electrons. The van der Waals surface area contributed by atoms with E-state index in [0.29, 0.717) is 18.9 Å². The van der Waals surface area contributed by atoms with Crippen molar-refractivity contribution >= 4 is 5.91 Å². The van der Waals surface area contributed by atoms with Crippen molar-refractivity contribution in [1.82, 2.24) is 9.88 Å². The number of benzene rings is 1. The number of amides is 1. The van der Waals surface area contributed by atoms with Gasteiger partial charge in [0.05, 0.1) is 19.3 Å². The summed E-state index contributed by atoms with van der Waals surface area (Å²) in [7, 11) is 0. The number of fused-ring (bicyclic) bond motifs is 1. The zero-order valence-corrected chi connectivity index (χ0v) is 14.4. The maximum Gasteiger partial charge on any atom is 0.272 e. The molecule has 5 heteroatoms. The van der Waals surface area contributed by atoms with Gasteiger partial charge in [0, 0.05) is 18.7 Å². The molecule has 2 aliphatic rings. The van der Waals surface area contributed by atoms with Crippen LogP contribution < -0.4 is 9.47 Å². The molecule has 1 atom stereocenters. The molecule has 0 saturated carbocycles. The molecule has 1 aromatic carbocycles. The third-order valence-electron chi connectivity index (χ3n) is 4.78. The fourth-order valence-electron chi connectivity index (χ4n) is 3.55. The molecular formula is C20H22N2O3. The van der Waals surface area contributed by atoms with E-state index in [2.05, 4.69) is 4.98 Å². The van der Waals surface area contributed by atoms with Crippen LogP contribution in [0.3, 0.4) is 0 Å². The van der Waals surface area contributed by atoms with E-state index in [1.807, 2.05) is 42.2 Å². The lowest BCUT2D eigenvalue weighted by Gasteiger charge is -2.25. The molecule has 0 aliphatic carbocycles. The summed E-state index contributed by atoms with van der Waals surface area (Å²) >= 11 is 0. The molecule has 0 N–H and O–H groups in total. The molecule has 0 radical (unpaired) electrons. The van der Waals surface area contributed by atoms with E-state index in [4.69, 9.17) is 9.47 Å². The van der Waals surface area contributed by atoms with E-state index in [1.165, 1.54) is 0 Å². The highest BCUT2D eigenvalue weighted by Gasteiger charge is 2.32. The van der Waals surface area contributed by atoms with Gasteiger partial charge in [0.2, 0.25) is 0 Å². The second kappa shape index (κ2) is 6.75. The summed E-state index contributed by atoms with van der Waals surface area (Å²) in [5.41, 5.74) is 2.47. The summed E-state index contributed by atoms with van der Waals surface area (Å²) in [5, 5.41) is 0. The van der Waals surface area contributed by atoms with Crippen molar-refractivity contribution in [1.29, 1.82) is 0 Å². The molecule has 3 heterocycles. The van der Waals surface area contributed by atoms with Crippen molar-refractivity contribution in [3.63, 3.8) is 0 Å². The zero-order chi connectivity index (χ0) is 17.2. The maximum absolute atomic E-state index is 12.9. The zero-order valence-electron chi connectivity index (χ0n) is 14.4. The van der Waals surface area contributed by atoms with Crippen molar-refractivity contribution in [3.8, 4) is 11.5 Å². The van der Waals surface area contributed by atoms with Crippen molar-refractivity contribution in [2.24, 2.45) is 0 Å². The molecule has 2 aliphatic heterocycles. The van der Waals surface area contributed by atoms with E-state index in [-0.39, 0.29) is 11.9 Å². The predicted octanol–water partition coefficient (Wildman–Crippen LogP) is 3.53. The first-order valence-electron chi connectivity index (χ1n) is 8.86. The van der Waals surface area contributed by atoms with Gasteiger partial charge in [0.15, 0.2) is 11.5 Å². The number of rotatable bonds is 2. The minimum absolute atomic E-state index is 0.00156. The summed E-state index contributed by atoms with van der Waals surface area (Å²) in [5.74, 6) is 1.57. The molecule has 2 aromatic rings. The normalized spacial score (nSPS) is 19.6. The van der Waals surface area contributed by atoms with Crippen LogP contribution in [-0.2, 0) is 0 Å². The van der Waals surface area contributed by atoms with Gasteiger partial charge in [-0.1, -0.05) is 12.1 Å². The van der Waals surface area contributed by atoms with Gasteiger partial charge >= 0.3 is 0 Å². The fraction of sp³-hybridized carbons (Fsp3) is 0.400. The first-order valence-corrected chi connectivity index (χ1v) is 8.86. The van der Waals surface area contributed by atoms with Gasteiger partial charge in [-0.05, 0) is 49.6 Å². The van der Waals surface area contributed by atoms with Crippen LogP contribution >= 0.6 is 0 Å². The number of nitrogens with zero attached hydrogens (tertiary/aromatic N) is 2. The Kier molecular flexibility index (Phi) is 4.30. The summed E-state index contributed by atoms with van der Waals surface area (Å²) in [6.07, 6.45) is 2.84. The molecule has 1 amide bonds. The minimum Gasteiger partial charge on any atom is -0.490 e. The highest BCUT2D eigenvalue weighted by molar-refractivity contribution is 5.92. The Hall–Kier alpha value is -2.56. The number of pyridine rings is 1. The maximum atomic E-state index is 12.9. The van der Waals surface area contributed by atoms with E-state index in [0.717, 1.165) is 48.6 Å². The van der Waals surface area contributed by atoms with Crippen LogP contribution in [0.15, 0.2) is 36.4 Å². The second-order valence-electron chi connectivity index (χ2n) is 6.58. The van der Waals surface area contributed by atoms with Gasteiger partial charge in [-0.15, -0.1) is 0 Å². The van der Waals surface area contributed by atoms with Crippen molar-refractivity contribution in [3.05, 3.63) is 53.3 Å². The van der Waals surface area contributed by atoms with Crippen LogP contribution in [0.2, 0.25) is 0 Å². The number of ether oxygens (including phenoxy) is 2. The number of aromatic nitrogens is 1. The molecule has 0 spiro atoms. The lowest BCUT2D eigenvalue weighted by atomic mass is 10.0. The number of aryl methyl sites for hydroxylation is 1. The molecule has 0 unspecified atom stereocenters. The van der Waals surface area contributed by atoms with E-state index in [1.54, 1.807) is 6.07 Å². The largest absolute Gasteiger partial charge is 0.490 e. The SMILES string of the molecule is Cc1cccc(C(=O)N2CCC[C@H]2c2ccc3c(c2)OCCCO3)n1. The Morgan fingerprint density at radius 3 is 2.80 bits per heavy atom. The summed E-state index contributed by atoms with van der Waals surface area (Å²) in [4.78, 5) is 19.3. The van der Waals surface area contributed by atoms with Gasteiger partial charge in [-0.3, -0.25) is 4.79 Å². The molecule has 4 rings (SSSR count). The van der Waals surface area contributed by atoms with Gasteiger partial charge in [-0.2, -0.15) is 0 Å². The Morgan fingerprint density at radius 2 is 1.96 bits per heavy atom. The molecule has 25 heavy (non-hydrogen) atoms. The van der Waals surface area contributed by atoms with Crippen LogP contribution in [0.5, 0.6) is 11.5 Å². The molecule has 0 bridgehead atoms. The highest BCUT2D eigenvalue weighted by atomic mass is 16.5. The Labute approximate surface area is 147 Å². The van der Waals surface area contributed by atoms with Crippen LogP contribution in [0.25, 0.3) is 0 Å². The van der Waals surface area contributed by atoms with Gasteiger partial charge in [-0.25, -0.2) is 4.98 Å². The number of hydrogen-bond acceptors (Lipinski definition) is 4. The molecule has 5 nitrogen and oxygen atoms in total. The minimum atomic E-state index is -0.00156. The second-order valence-corrected chi connectivity index (χ2v) is 6.58. The van der Waals surface area contributed by atoms with Crippen LogP contribution in [0, 0.1) is 6.92 Å². The van der Waals surface area contributed by atoms with Gasteiger partial charge < -0.3 is 14.4 Å². The Balaban J connectivity index is 1.61. The summed E-state index contributed by atoms with van der Waals surface area (Å²) < 4.78 is 11.5. The fourth-order valence-corrected chi connectivity index (χ4v) is 3.55. The third kappa shape index (κ3) is 3.18. The number of hydrogen-bond donors (Lipinski definition) is 0. The molecule has 1 fully saturated rings. The van der Waals surface area contributed by atoms with E-state index >= 15 is 0 Å². The van der Waals surface area contributed by atoms with Crippen molar-refractivity contribution < 1.29 is 14.3 Å². The molecule has 1 saturated heterocycles. The van der Waals surface area contributed by atoms with Crippen molar-refractivity contribution in [2.45, 2.75) is 32.2 Å². The highest BCUT2D eigenvalue weighted by Crippen LogP contribution is 2.38. The first-order chi connectivity index (χ1) is 12.2. The molecule has 1 aromatic heterocycles. The van der Waals surface area contributed by atoms with E-state index < -0.39 is 0 Å². The predicted molar refractivity (Wildman–Crippen MR) is 94.0 cm³/mol. The van der Waals surface area contributed by atoms with Crippen LogP contribution in [0.4, 0.5) is 0 Å². The smallest absolute Gasteiger partial charge is 0.272 e. The third-order valence-corrected chi connectivity index (χ3v) is 4.78. The molecular weight excluding hydrogens is 316 g/mol. The lowest BCUT2D eigenvalue weighted by molar-refractivity contribution is 0.0729. The van der Waals surface area contributed by atoms with E-state index in [9.17, 15) is 4.79 Å². The average molecular weight is 338 g/mol. The van der Waals surface area contributed by atoms with Crippen molar-refractivity contribution in [2.75, 3.05) is 19.8 Å². The van der Waals surface area contributed by atoms with Crippen LogP contribution in [0.1, 0.15) is 47.1 Å². The standard InChI is InChI=1S/C20H22N2O3/c1-14-5-2-6-16(21-14)20(23)22-10-3-7-17(22)15-8-9-18-19(13-15)25-12-4-11-24-18/h2,5-6,8-9,13,17H,3-4,7,10-12H2,1H3/t17-/m0/s1.